The van der Waals surface area contributed by atoms with E-state index in [-0.39, 0.29) is 59.7 Å². The van der Waals surface area contributed by atoms with E-state index in [0.717, 1.165) is 16.6 Å². The summed E-state index contributed by atoms with van der Waals surface area (Å²) in [5.74, 6) is -0.665. The standard InChI is InChI=1S/C25H18N2O5S2.Na/c1-33-17-6-3-15(4-7-17)24(28)18(10-14-2-9-21-22(11-14)32-13-31-21)23(25(29)30)16-5-8-19-20(12-16)27-34-26-19;/h2-9,11-12H,10,13H2,1H3,(H,29,30);/q;+1/p-1/b23-18+;. The second-order valence-electron chi connectivity index (χ2n) is 7.53. The summed E-state index contributed by atoms with van der Waals surface area (Å²) in [6.45, 7) is 0.119. The first-order chi connectivity index (χ1) is 16.5. The van der Waals surface area contributed by atoms with Crippen molar-refractivity contribution in [2.75, 3.05) is 13.0 Å². The van der Waals surface area contributed by atoms with E-state index in [1.807, 2.05) is 18.4 Å². The Morgan fingerprint density at radius 2 is 1.66 bits per heavy atom. The van der Waals surface area contributed by atoms with Gasteiger partial charge in [0.2, 0.25) is 6.79 Å². The summed E-state index contributed by atoms with van der Waals surface area (Å²) in [6.07, 6.45) is 2.01. The van der Waals surface area contributed by atoms with Crippen molar-refractivity contribution in [3.63, 3.8) is 0 Å². The number of aliphatic carboxylic acids is 1. The number of Topliss-reactive ketones (excluding diaryl/α,β-unsaturated/α-hetero) is 1. The molecular weight excluding hydrogens is 495 g/mol. The molecule has 5 rings (SSSR count). The van der Waals surface area contributed by atoms with Crippen molar-refractivity contribution < 1.29 is 53.7 Å². The molecule has 35 heavy (non-hydrogen) atoms. The van der Waals surface area contributed by atoms with Gasteiger partial charge in [-0.15, -0.1) is 11.8 Å². The third-order valence-corrected chi connectivity index (χ3v) is 6.79. The van der Waals surface area contributed by atoms with Gasteiger partial charge in [-0.2, -0.15) is 8.75 Å². The molecule has 0 atom stereocenters. The van der Waals surface area contributed by atoms with Crippen molar-refractivity contribution in [2.24, 2.45) is 0 Å². The number of carboxylic acids is 1. The van der Waals surface area contributed by atoms with Gasteiger partial charge < -0.3 is 19.4 Å². The van der Waals surface area contributed by atoms with Gasteiger partial charge in [-0.05, 0) is 65.9 Å². The number of ketones is 1. The Morgan fingerprint density at radius 3 is 2.40 bits per heavy atom. The Labute approximate surface area is 231 Å². The van der Waals surface area contributed by atoms with Gasteiger partial charge in [0.05, 0.1) is 17.7 Å². The van der Waals surface area contributed by atoms with E-state index in [9.17, 15) is 14.7 Å². The van der Waals surface area contributed by atoms with Gasteiger partial charge in [0.15, 0.2) is 17.3 Å². The first kappa shape index (κ1) is 25.4. The Hall–Kier alpha value is -2.69. The van der Waals surface area contributed by atoms with Crippen LogP contribution in [0.2, 0.25) is 0 Å². The molecule has 0 saturated carbocycles. The van der Waals surface area contributed by atoms with E-state index in [1.54, 1.807) is 60.3 Å². The molecule has 0 fully saturated rings. The smallest absolute Gasteiger partial charge is 0.545 e. The van der Waals surface area contributed by atoms with E-state index < -0.39 is 5.97 Å². The number of nitrogens with zero attached hydrogens (tertiary/aromatic N) is 2. The minimum Gasteiger partial charge on any atom is -0.545 e. The number of carbonyl (C=O) groups excluding carboxylic acids is 2. The molecule has 1 aliphatic rings. The van der Waals surface area contributed by atoms with Gasteiger partial charge >= 0.3 is 29.6 Å². The van der Waals surface area contributed by atoms with Crippen molar-refractivity contribution >= 4 is 51.8 Å². The molecule has 170 valence electrons. The maximum Gasteiger partial charge on any atom is 1.00 e. The van der Waals surface area contributed by atoms with Gasteiger partial charge in [-0.1, -0.05) is 12.1 Å². The fourth-order valence-corrected chi connectivity index (χ4v) is 4.73. The third-order valence-electron chi connectivity index (χ3n) is 5.49. The largest absolute Gasteiger partial charge is 1.00 e. The Bertz CT molecular complexity index is 1450. The SMILES string of the molecule is CSc1ccc(C(=O)/C(Cc2ccc3c(c2)OCO3)=C(/C(=O)[O-])c2ccc3nsnc3c2)cc1.[Na+]. The molecule has 1 aliphatic heterocycles. The zero-order chi connectivity index (χ0) is 23.7. The molecule has 1 aromatic heterocycles. The molecule has 4 aromatic rings. The molecule has 0 amide bonds. The quantitative estimate of drug-likeness (QED) is 0.155. The second kappa shape index (κ2) is 10.9. The van der Waals surface area contributed by atoms with E-state index in [0.29, 0.717) is 39.2 Å². The summed E-state index contributed by atoms with van der Waals surface area (Å²) in [7, 11) is 0. The Balaban J connectivity index is 0.00000289. The number of carboxylic acid groups (broad SMARTS) is 1. The van der Waals surface area contributed by atoms with Crippen LogP contribution in [0.25, 0.3) is 16.6 Å². The van der Waals surface area contributed by atoms with Crippen molar-refractivity contribution in [2.45, 2.75) is 11.3 Å². The predicted molar refractivity (Wildman–Crippen MR) is 128 cm³/mol. The van der Waals surface area contributed by atoms with Crippen LogP contribution in [-0.2, 0) is 11.2 Å². The molecule has 0 aliphatic carbocycles. The third kappa shape index (κ3) is 5.29. The maximum absolute atomic E-state index is 13.7. The van der Waals surface area contributed by atoms with Crippen molar-refractivity contribution in [3.8, 4) is 11.5 Å². The molecule has 0 bridgehead atoms. The topological polar surface area (TPSA) is 101 Å². The van der Waals surface area contributed by atoms with Crippen molar-refractivity contribution in [3.05, 3.63) is 82.9 Å². The molecule has 0 unspecified atom stereocenters. The first-order valence-corrected chi connectivity index (χ1v) is 12.2. The van der Waals surface area contributed by atoms with Gasteiger partial charge in [0.25, 0.3) is 0 Å². The van der Waals surface area contributed by atoms with Crippen LogP contribution in [0, 0.1) is 0 Å². The number of fused-ring (bicyclic) bond motifs is 2. The minimum atomic E-state index is -1.44. The van der Waals surface area contributed by atoms with E-state index in [2.05, 4.69) is 8.75 Å². The number of ether oxygens (including phenoxy) is 2. The van der Waals surface area contributed by atoms with Crippen LogP contribution >= 0.6 is 23.5 Å². The summed E-state index contributed by atoms with van der Waals surface area (Å²) in [5.41, 5.74) is 2.59. The van der Waals surface area contributed by atoms with Crippen LogP contribution in [0.1, 0.15) is 21.5 Å². The predicted octanol–water partition coefficient (Wildman–Crippen LogP) is 0.775. The zero-order valence-corrected chi connectivity index (χ0v) is 22.6. The van der Waals surface area contributed by atoms with E-state index in [1.165, 1.54) is 0 Å². The van der Waals surface area contributed by atoms with Crippen molar-refractivity contribution in [1.82, 2.24) is 8.75 Å². The number of hydrogen-bond donors (Lipinski definition) is 0. The average Bonchev–Trinajstić information content (AvgIpc) is 3.51. The molecular formula is C25H17N2NaO5S2. The summed E-state index contributed by atoms with van der Waals surface area (Å²) < 4.78 is 19.2. The average molecular weight is 513 g/mol. The van der Waals surface area contributed by atoms with Gasteiger partial charge in [-0.3, -0.25) is 4.79 Å². The molecule has 3 aromatic carbocycles. The van der Waals surface area contributed by atoms with E-state index >= 15 is 0 Å². The number of rotatable bonds is 7. The van der Waals surface area contributed by atoms with Gasteiger partial charge in [0, 0.05) is 28.0 Å². The van der Waals surface area contributed by atoms with E-state index in [4.69, 9.17) is 9.47 Å². The molecule has 2 heterocycles. The number of allylic oxidation sites excluding steroid dienone is 1. The minimum absolute atomic E-state index is 0. The molecule has 0 N–H and O–H groups in total. The van der Waals surface area contributed by atoms with Gasteiger partial charge in [-0.25, -0.2) is 0 Å². The fourth-order valence-electron chi connectivity index (χ4n) is 3.81. The number of carbonyl (C=O) groups is 2. The Kier molecular flexibility index (Phi) is 7.93. The number of hydrogen-bond acceptors (Lipinski definition) is 9. The number of benzene rings is 3. The number of aromatic nitrogens is 2. The normalized spacial score (nSPS) is 12.7. The van der Waals surface area contributed by atoms with Crippen molar-refractivity contribution in [1.29, 1.82) is 0 Å². The Morgan fingerprint density at radius 1 is 0.943 bits per heavy atom. The molecule has 0 spiro atoms. The van der Waals surface area contributed by atoms with Crippen LogP contribution < -0.4 is 44.1 Å². The molecule has 10 heteroatoms. The maximum atomic E-state index is 13.7. The monoisotopic (exact) mass is 512 g/mol. The van der Waals surface area contributed by atoms with Crippen LogP contribution in [0.5, 0.6) is 11.5 Å². The number of thioether (sulfide) groups is 1. The summed E-state index contributed by atoms with van der Waals surface area (Å²) in [5, 5.41) is 12.4. The van der Waals surface area contributed by atoms with Crippen LogP contribution in [0.3, 0.4) is 0 Å². The zero-order valence-electron chi connectivity index (χ0n) is 18.9. The van der Waals surface area contributed by atoms with Crippen LogP contribution in [0.4, 0.5) is 0 Å². The molecule has 7 nitrogen and oxygen atoms in total. The van der Waals surface area contributed by atoms with Crippen LogP contribution in [0.15, 0.2) is 71.1 Å². The van der Waals surface area contributed by atoms with Gasteiger partial charge in [0.1, 0.15) is 11.0 Å². The second-order valence-corrected chi connectivity index (χ2v) is 8.94. The summed E-state index contributed by atoms with van der Waals surface area (Å²) in [4.78, 5) is 27.1. The fraction of sp³-hybridized carbons (Fsp3) is 0.120. The molecule has 0 radical (unpaired) electrons. The first-order valence-electron chi connectivity index (χ1n) is 10.3. The molecule has 0 saturated heterocycles. The van der Waals surface area contributed by atoms with Crippen LogP contribution in [-0.4, -0.2) is 33.5 Å². The summed E-state index contributed by atoms with van der Waals surface area (Å²) >= 11 is 2.59. The summed E-state index contributed by atoms with van der Waals surface area (Å²) in [6, 6.07) is 17.3.